The van der Waals surface area contributed by atoms with Gasteiger partial charge in [-0.3, -0.25) is 9.59 Å². The molecule has 2 aromatic rings. The van der Waals surface area contributed by atoms with Crippen LogP contribution in [0.15, 0.2) is 36.4 Å². The third-order valence-electron chi connectivity index (χ3n) is 5.62. The smallest absolute Gasteiger partial charge is 0.303 e. The van der Waals surface area contributed by atoms with Crippen molar-refractivity contribution in [3.05, 3.63) is 42.0 Å². The Morgan fingerprint density at radius 1 is 1.15 bits per heavy atom. The second kappa shape index (κ2) is 8.42. The first-order chi connectivity index (χ1) is 13.0. The van der Waals surface area contributed by atoms with Crippen LogP contribution in [0, 0.1) is 5.41 Å². The van der Waals surface area contributed by atoms with Crippen molar-refractivity contribution in [1.82, 2.24) is 5.32 Å². The van der Waals surface area contributed by atoms with E-state index in [1.807, 2.05) is 24.3 Å². The second-order valence-electron chi connectivity index (χ2n) is 7.56. The van der Waals surface area contributed by atoms with E-state index >= 15 is 0 Å². The summed E-state index contributed by atoms with van der Waals surface area (Å²) in [5.74, 6) is -0.0406. The largest absolute Gasteiger partial charge is 0.497 e. The summed E-state index contributed by atoms with van der Waals surface area (Å²) in [7, 11) is 1.65. The van der Waals surface area contributed by atoms with Gasteiger partial charge in [0.25, 0.3) is 0 Å². The number of amides is 1. The molecule has 1 saturated carbocycles. The molecule has 0 spiro atoms. The van der Waals surface area contributed by atoms with Crippen LogP contribution in [0.25, 0.3) is 10.8 Å². The van der Waals surface area contributed by atoms with Gasteiger partial charge in [0.1, 0.15) is 5.75 Å². The molecule has 1 fully saturated rings. The molecule has 144 valence electrons. The van der Waals surface area contributed by atoms with Gasteiger partial charge in [0.2, 0.25) is 5.91 Å². The number of ether oxygens (including phenoxy) is 1. The number of fused-ring (bicyclic) bond motifs is 1. The Balaban J connectivity index is 1.60. The van der Waals surface area contributed by atoms with Gasteiger partial charge in [0.15, 0.2) is 0 Å². The summed E-state index contributed by atoms with van der Waals surface area (Å²) in [5.41, 5.74) is 0.802. The van der Waals surface area contributed by atoms with Gasteiger partial charge in [0.05, 0.1) is 13.5 Å². The summed E-state index contributed by atoms with van der Waals surface area (Å²) in [5, 5.41) is 14.4. The topological polar surface area (TPSA) is 75.6 Å². The van der Waals surface area contributed by atoms with Crippen molar-refractivity contribution in [1.29, 1.82) is 0 Å². The zero-order chi connectivity index (χ0) is 19.3. The van der Waals surface area contributed by atoms with Gasteiger partial charge >= 0.3 is 5.97 Å². The number of carboxylic acids is 1. The van der Waals surface area contributed by atoms with Crippen molar-refractivity contribution in [2.75, 3.05) is 13.7 Å². The number of carbonyl (C=O) groups is 2. The lowest BCUT2D eigenvalue weighted by Gasteiger charge is -2.26. The molecular formula is C22H27NO4. The maximum atomic E-state index is 12.4. The molecule has 2 aromatic carbocycles. The number of carboxylic acid groups (broad SMARTS) is 1. The number of benzene rings is 2. The fourth-order valence-corrected chi connectivity index (χ4v) is 4.26. The van der Waals surface area contributed by atoms with E-state index in [2.05, 4.69) is 17.4 Å². The highest BCUT2D eigenvalue weighted by Gasteiger charge is 2.37. The first kappa shape index (κ1) is 19.2. The van der Waals surface area contributed by atoms with E-state index in [9.17, 15) is 14.7 Å². The lowest BCUT2D eigenvalue weighted by atomic mass is 9.79. The van der Waals surface area contributed by atoms with E-state index in [4.69, 9.17) is 4.74 Å². The van der Waals surface area contributed by atoms with Gasteiger partial charge in [-0.2, -0.15) is 0 Å². The van der Waals surface area contributed by atoms with Crippen molar-refractivity contribution in [3.8, 4) is 5.75 Å². The average Bonchev–Trinajstić information content (AvgIpc) is 3.08. The van der Waals surface area contributed by atoms with Gasteiger partial charge in [-0.15, -0.1) is 0 Å². The minimum atomic E-state index is -0.811. The summed E-state index contributed by atoms with van der Waals surface area (Å²) in [4.78, 5) is 23.6. The number of rotatable bonds is 8. The van der Waals surface area contributed by atoms with Crippen LogP contribution in [0.4, 0.5) is 0 Å². The fourth-order valence-electron chi connectivity index (χ4n) is 4.26. The van der Waals surface area contributed by atoms with E-state index in [1.165, 1.54) is 0 Å². The van der Waals surface area contributed by atoms with Crippen LogP contribution in [0.3, 0.4) is 0 Å². The standard InChI is InChI=1S/C22H27NO4/c1-27-18-8-7-16-5-4-6-17(19(16)13-18)9-12-23-20(24)14-22(15-21(25)26)10-2-3-11-22/h4-8,13H,2-3,9-12,14-15H2,1H3,(H,23,24)(H,25,26). The van der Waals surface area contributed by atoms with Crippen LogP contribution in [0.5, 0.6) is 5.75 Å². The Morgan fingerprint density at radius 2 is 1.93 bits per heavy atom. The third kappa shape index (κ3) is 4.79. The van der Waals surface area contributed by atoms with Crippen LogP contribution in [0.2, 0.25) is 0 Å². The molecule has 5 nitrogen and oxygen atoms in total. The maximum Gasteiger partial charge on any atom is 0.303 e. The van der Waals surface area contributed by atoms with E-state index in [-0.39, 0.29) is 17.7 Å². The minimum absolute atomic E-state index is 0.0454. The molecule has 1 aliphatic carbocycles. The van der Waals surface area contributed by atoms with Crippen LogP contribution in [-0.2, 0) is 16.0 Å². The predicted octanol–water partition coefficient (Wildman–Crippen LogP) is 3.93. The van der Waals surface area contributed by atoms with Crippen molar-refractivity contribution in [3.63, 3.8) is 0 Å². The van der Waals surface area contributed by atoms with Crippen LogP contribution < -0.4 is 10.1 Å². The molecule has 1 amide bonds. The Morgan fingerprint density at radius 3 is 2.63 bits per heavy atom. The lowest BCUT2D eigenvalue weighted by molar-refractivity contribution is -0.140. The molecule has 0 aromatic heterocycles. The highest BCUT2D eigenvalue weighted by Crippen LogP contribution is 2.44. The predicted molar refractivity (Wildman–Crippen MR) is 105 cm³/mol. The van der Waals surface area contributed by atoms with Crippen molar-refractivity contribution < 1.29 is 19.4 Å². The molecule has 0 radical (unpaired) electrons. The van der Waals surface area contributed by atoms with Gasteiger partial charge in [0, 0.05) is 13.0 Å². The summed E-state index contributed by atoms with van der Waals surface area (Å²) >= 11 is 0. The summed E-state index contributed by atoms with van der Waals surface area (Å²) in [6.07, 6.45) is 4.80. The molecule has 0 aliphatic heterocycles. The minimum Gasteiger partial charge on any atom is -0.497 e. The van der Waals surface area contributed by atoms with E-state index in [0.29, 0.717) is 13.0 Å². The number of aliphatic carboxylic acids is 1. The molecule has 0 bridgehead atoms. The molecule has 0 heterocycles. The zero-order valence-corrected chi connectivity index (χ0v) is 15.8. The fraction of sp³-hybridized carbons (Fsp3) is 0.455. The number of carbonyl (C=O) groups excluding carboxylic acids is 1. The Hall–Kier alpha value is -2.56. The van der Waals surface area contributed by atoms with Gasteiger partial charge in [-0.25, -0.2) is 0 Å². The van der Waals surface area contributed by atoms with E-state index in [1.54, 1.807) is 7.11 Å². The average molecular weight is 369 g/mol. The molecule has 1 aliphatic rings. The van der Waals surface area contributed by atoms with Gasteiger partial charge in [-0.05, 0) is 53.1 Å². The number of nitrogens with one attached hydrogen (secondary N) is 1. The van der Waals surface area contributed by atoms with Crippen molar-refractivity contribution in [2.24, 2.45) is 5.41 Å². The third-order valence-corrected chi connectivity index (χ3v) is 5.62. The first-order valence-electron chi connectivity index (χ1n) is 9.55. The van der Waals surface area contributed by atoms with Crippen molar-refractivity contribution in [2.45, 2.75) is 44.9 Å². The monoisotopic (exact) mass is 369 g/mol. The normalized spacial score (nSPS) is 15.6. The summed E-state index contributed by atoms with van der Waals surface area (Å²) in [6.45, 7) is 0.540. The molecule has 2 N–H and O–H groups in total. The van der Waals surface area contributed by atoms with Crippen LogP contribution >= 0.6 is 0 Å². The zero-order valence-electron chi connectivity index (χ0n) is 15.8. The van der Waals surface area contributed by atoms with Crippen molar-refractivity contribution >= 4 is 22.6 Å². The van der Waals surface area contributed by atoms with E-state index in [0.717, 1.165) is 54.2 Å². The Bertz CT molecular complexity index is 824. The van der Waals surface area contributed by atoms with Crippen LogP contribution in [-0.4, -0.2) is 30.6 Å². The molecule has 0 atom stereocenters. The van der Waals surface area contributed by atoms with Gasteiger partial charge in [-0.1, -0.05) is 37.1 Å². The molecule has 5 heteroatoms. The summed E-state index contributed by atoms with van der Waals surface area (Å²) < 4.78 is 5.32. The second-order valence-corrected chi connectivity index (χ2v) is 7.56. The quantitative estimate of drug-likeness (QED) is 0.739. The first-order valence-corrected chi connectivity index (χ1v) is 9.55. The SMILES string of the molecule is COc1ccc2cccc(CCNC(=O)CC3(CC(=O)O)CCCC3)c2c1. The Kier molecular flexibility index (Phi) is 5.99. The Labute approximate surface area is 159 Å². The summed E-state index contributed by atoms with van der Waals surface area (Å²) in [6, 6.07) is 12.1. The lowest BCUT2D eigenvalue weighted by Crippen LogP contribution is -2.33. The number of hydrogen-bond acceptors (Lipinski definition) is 3. The molecular weight excluding hydrogens is 342 g/mol. The van der Waals surface area contributed by atoms with E-state index < -0.39 is 5.97 Å². The molecule has 0 saturated heterocycles. The molecule has 27 heavy (non-hydrogen) atoms. The van der Waals surface area contributed by atoms with Gasteiger partial charge < -0.3 is 15.2 Å². The maximum absolute atomic E-state index is 12.4. The molecule has 0 unspecified atom stereocenters. The van der Waals surface area contributed by atoms with Crippen LogP contribution in [0.1, 0.15) is 44.1 Å². The highest BCUT2D eigenvalue weighted by molar-refractivity contribution is 5.87. The number of methoxy groups -OCH3 is 1. The number of hydrogen-bond donors (Lipinski definition) is 2. The molecule has 3 rings (SSSR count). The highest BCUT2D eigenvalue weighted by atomic mass is 16.5.